The SMILES string of the molecule is COCC[C@H](C)NC(=O)CN(C)S(=O)(=O)c1cccnc1. The maximum atomic E-state index is 12.2. The van der Waals surface area contributed by atoms with Crippen molar-refractivity contribution in [1.82, 2.24) is 14.6 Å². The second-order valence-electron chi connectivity index (χ2n) is 4.70. The van der Waals surface area contributed by atoms with E-state index >= 15 is 0 Å². The second-order valence-corrected chi connectivity index (χ2v) is 6.74. The molecule has 0 aliphatic rings. The number of sulfonamides is 1. The van der Waals surface area contributed by atoms with Gasteiger partial charge in [-0.1, -0.05) is 0 Å². The molecule has 118 valence electrons. The molecule has 1 aromatic heterocycles. The summed E-state index contributed by atoms with van der Waals surface area (Å²) in [7, 11) is -0.753. The number of hydrogen-bond donors (Lipinski definition) is 1. The van der Waals surface area contributed by atoms with E-state index in [0.29, 0.717) is 13.0 Å². The molecular weight excluding hydrogens is 294 g/mol. The Morgan fingerprint density at radius 1 is 1.52 bits per heavy atom. The van der Waals surface area contributed by atoms with E-state index in [-0.39, 0.29) is 23.4 Å². The molecule has 1 aromatic rings. The molecule has 21 heavy (non-hydrogen) atoms. The first kappa shape index (κ1) is 17.5. The number of nitrogens with one attached hydrogen (secondary N) is 1. The van der Waals surface area contributed by atoms with Gasteiger partial charge >= 0.3 is 0 Å². The highest BCUT2D eigenvalue weighted by molar-refractivity contribution is 7.89. The number of ether oxygens (including phenoxy) is 1. The molecule has 1 heterocycles. The highest BCUT2D eigenvalue weighted by atomic mass is 32.2. The number of carbonyl (C=O) groups excluding carboxylic acids is 1. The molecule has 0 aromatic carbocycles. The van der Waals surface area contributed by atoms with Crippen LogP contribution in [0.15, 0.2) is 29.4 Å². The first-order valence-corrected chi connectivity index (χ1v) is 7.96. The van der Waals surface area contributed by atoms with Crippen molar-refractivity contribution in [3.05, 3.63) is 24.5 Å². The van der Waals surface area contributed by atoms with Crippen LogP contribution in [0, 0.1) is 0 Å². The van der Waals surface area contributed by atoms with Crippen LogP contribution in [0.1, 0.15) is 13.3 Å². The van der Waals surface area contributed by atoms with Crippen LogP contribution in [0.3, 0.4) is 0 Å². The largest absolute Gasteiger partial charge is 0.385 e. The lowest BCUT2D eigenvalue weighted by Crippen LogP contribution is -2.42. The monoisotopic (exact) mass is 315 g/mol. The molecule has 0 fully saturated rings. The van der Waals surface area contributed by atoms with E-state index in [9.17, 15) is 13.2 Å². The van der Waals surface area contributed by atoms with Crippen molar-refractivity contribution in [1.29, 1.82) is 0 Å². The quantitative estimate of drug-likeness (QED) is 0.742. The third-order valence-electron chi connectivity index (χ3n) is 2.87. The summed E-state index contributed by atoms with van der Waals surface area (Å²) in [5, 5.41) is 2.73. The van der Waals surface area contributed by atoms with Crippen molar-refractivity contribution in [3.8, 4) is 0 Å². The van der Waals surface area contributed by atoms with Crippen LogP contribution in [0.4, 0.5) is 0 Å². The number of aromatic nitrogens is 1. The Morgan fingerprint density at radius 2 is 2.24 bits per heavy atom. The van der Waals surface area contributed by atoms with Crippen LogP contribution in [0.2, 0.25) is 0 Å². The molecule has 0 saturated heterocycles. The van der Waals surface area contributed by atoms with E-state index in [0.717, 1.165) is 4.31 Å². The van der Waals surface area contributed by atoms with Gasteiger partial charge in [-0.05, 0) is 25.5 Å². The van der Waals surface area contributed by atoms with Crippen molar-refractivity contribution in [3.63, 3.8) is 0 Å². The summed E-state index contributed by atoms with van der Waals surface area (Å²) < 4.78 is 30.3. The number of rotatable bonds is 8. The lowest BCUT2D eigenvalue weighted by molar-refractivity contribution is -0.121. The lowest BCUT2D eigenvalue weighted by Gasteiger charge is -2.19. The predicted molar refractivity (Wildman–Crippen MR) is 78.2 cm³/mol. The normalized spacial score (nSPS) is 13.1. The van der Waals surface area contributed by atoms with Crippen molar-refractivity contribution < 1.29 is 17.9 Å². The van der Waals surface area contributed by atoms with Crippen LogP contribution < -0.4 is 5.32 Å². The summed E-state index contributed by atoms with van der Waals surface area (Å²) in [5.74, 6) is -0.353. The average Bonchev–Trinajstić information content (AvgIpc) is 2.45. The third kappa shape index (κ3) is 5.41. The summed E-state index contributed by atoms with van der Waals surface area (Å²) in [6, 6.07) is 2.90. The Labute approximate surface area is 125 Å². The van der Waals surface area contributed by atoms with Crippen LogP contribution in [0.25, 0.3) is 0 Å². The number of methoxy groups -OCH3 is 1. The van der Waals surface area contributed by atoms with E-state index in [1.54, 1.807) is 7.11 Å². The number of nitrogens with zero attached hydrogens (tertiary/aromatic N) is 2. The van der Waals surface area contributed by atoms with Crippen LogP contribution >= 0.6 is 0 Å². The minimum Gasteiger partial charge on any atom is -0.385 e. The molecule has 8 heteroatoms. The van der Waals surface area contributed by atoms with Crippen molar-refractivity contribution in [2.45, 2.75) is 24.3 Å². The van der Waals surface area contributed by atoms with Crippen LogP contribution in [0.5, 0.6) is 0 Å². The maximum absolute atomic E-state index is 12.2. The number of pyridine rings is 1. The highest BCUT2D eigenvalue weighted by Gasteiger charge is 2.23. The molecule has 0 aliphatic heterocycles. The summed E-state index contributed by atoms with van der Waals surface area (Å²) in [6.45, 7) is 2.13. The van der Waals surface area contributed by atoms with Crippen molar-refractivity contribution in [2.24, 2.45) is 0 Å². The van der Waals surface area contributed by atoms with Crippen LogP contribution in [-0.2, 0) is 19.6 Å². The van der Waals surface area contributed by atoms with Gasteiger partial charge in [-0.3, -0.25) is 9.78 Å². The molecular formula is C13H21N3O4S. The Hall–Kier alpha value is -1.51. The van der Waals surface area contributed by atoms with Gasteiger partial charge in [-0.15, -0.1) is 0 Å². The maximum Gasteiger partial charge on any atom is 0.244 e. The summed E-state index contributed by atoms with van der Waals surface area (Å²) >= 11 is 0. The molecule has 0 radical (unpaired) electrons. The number of amides is 1. The molecule has 0 bridgehead atoms. The second kappa shape index (κ2) is 8.06. The van der Waals surface area contributed by atoms with Gasteiger partial charge in [-0.25, -0.2) is 8.42 Å². The molecule has 1 N–H and O–H groups in total. The lowest BCUT2D eigenvalue weighted by atomic mass is 10.2. The molecule has 0 aliphatic carbocycles. The Balaban J connectivity index is 2.60. The molecule has 1 amide bonds. The van der Waals surface area contributed by atoms with E-state index in [1.165, 1.54) is 31.6 Å². The number of likely N-dealkylation sites (N-methyl/N-ethyl adjacent to an activating group) is 1. The van der Waals surface area contributed by atoms with E-state index in [2.05, 4.69) is 10.3 Å². The van der Waals surface area contributed by atoms with Gasteiger partial charge in [0.1, 0.15) is 4.90 Å². The van der Waals surface area contributed by atoms with Gasteiger partial charge in [-0.2, -0.15) is 4.31 Å². The van der Waals surface area contributed by atoms with Gasteiger partial charge in [0.05, 0.1) is 6.54 Å². The topological polar surface area (TPSA) is 88.6 Å². The fourth-order valence-electron chi connectivity index (χ4n) is 1.65. The summed E-state index contributed by atoms with van der Waals surface area (Å²) in [5.41, 5.74) is 0. The van der Waals surface area contributed by atoms with E-state index < -0.39 is 10.0 Å². The Morgan fingerprint density at radius 3 is 2.81 bits per heavy atom. The standard InChI is InChI=1S/C13H21N3O4S/c1-11(6-8-20-3)15-13(17)10-16(2)21(18,19)12-5-4-7-14-9-12/h4-5,7,9,11H,6,8,10H2,1-3H3,(H,15,17)/t11-/m0/s1. The van der Waals surface area contributed by atoms with E-state index in [1.807, 2.05) is 6.92 Å². The summed E-state index contributed by atoms with van der Waals surface area (Å²) in [6.07, 6.45) is 3.41. The summed E-state index contributed by atoms with van der Waals surface area (Å²) in [4.78, 5) is 15.7. The molecule has 0 saturated carbocycles. The van der Waals surface area contributed by atoms with Crippen LogP contribution in [-0.4, -0.2) is 57.0 Å². The third-order valence-corrected chi connectivity index (χ3v) is 4.66. The fraction of sp³-hybridized carbons (Fsp3) is 0.538. The molecule has 0 spiro atoms. The highest BCUT2D eigenvalue weighted by Crippen LogP contribution is 2.11. The minimum atomic E-state index is -3.70. The fourth-order valence-corrected chi connectivity index (χ4v) is 2.75. The number of carbonyl (C=O) groups is 1. The minimum absolute atomic E-state index is 0.0627. The van der Waals surface area contributed by atoms with Gasteiger partial charge in [0.2, 0.25) is 15.9 Å². The first-order valence-electron chi connectivity index (χ1n) is 6.52. The van der Waals surface area contributed by atoms with Gasteiger partial charge in [0.25, 0.3) is 0 Å². The van der Waals surface area contributed by atoms with Gasteiger partial charge in [0, 0.05) is 39.2 Å². The van der Waals surface area contributed by atoms with Gasteiger partial charge < -0.3 is 10.1 Å². The Bertz CT molecular complexity index is 548. The average molecular weight is 315 g/mol. The molecule has 1 rings (SSSR count). The zero-order valence-electron chi connectivity index (χ0n) is 12.4. The molecule has 1 atom stereocenters. The van der Waals surface area contributed by atoms with Crippen molar-refractivity contribution in [2.75, 3.05) is 27.3 Å². The predicted octanol–water partition coefficient (Wildman–Crippen LogP) is 0.243. The molecule has 0 unspecified atom stereocenters. The number of hydrogen-bond acceptors (Lipinski definition) is 5. The van der Waals surface area contributed by atoms with Crippen molar-refractivity contribution >= 4 is 15.9 Å². The van der Waals surface area contributed by atoms with Gasteiger partial charge in [0.15, 0.2) is 0 Å². The van der Waals surface area contributed by atoms with E-state index in [4.69, 9.17) is 4.74 Å². The zero-order chi connectivity index (χ0) is 15.9. The smallest absolute Gasteiger partial charge is 0.244 e. The molecule has 7 nitrogen and oxygen atoms in total. The zero-order valence-corrected chi connectivity index (χ0v) is 13.3. The first-order chi connectivity index (χ1) is 9.87. The Kier molecular flexibility index (Phi) is 6.73.